The molecule has 2 aromatic rings. The molecule has 0 aliphatic heterocycles. The summed E-state index contributed by atoms with van der Waals surface area (Å²) in [5.41, 5.74) is 1.29. The van der Waals surface area contributed by atoms with Gasteiger partial charge in [0.2, 0.25) is 0 Å². The Hall–Kier alpha value is -2.70. The van der Waals surface area contributed by atoms with E-state index in [9.17, 15) is 18.4 Å². The number of halogens is 2. The fraction of sp³-hybridized carbons (Fsp3) is 0.250. The second-order valence-electron chi connectivity index (χ2n) is 5.01. The van der Waals surface area contributed by atoms with Gasteiger partial charge in [-0.15, -0.1) is 0 Å². The molecule has 0 aliphatic rings. The normalized spacial score (nSPS) is 10.8. The molecule has 0 bridgehead atoms. The molecule has 1 aromatic heterocycles. The second-order valence-corrected chi connectivity index (χ2v) is 5.01. The SMILES string of the molecule is Cc1coc(CC(=O)O)c1C(=O)NCc1ccc(C(F)F)cc1. The molecule has 0 fully saturated rings. The van der Waals surface area contributed by atoms with Crippen molar-refractivity contribution in [3.05, 3.63) is 58.5 Å². The Kier molecular flexibility index (Phi) is 5.10. The van der Waals surface area contributed by atoms with Gasteiger partial charge < -0.3 is 14.8 Å². The number of carbonyl (C=O) groups excluding carboxylic acids is 1. The van der Waals surface area contributed by atoms with Gasteiger partial charge in [-0.25, -0.2) is 8.78 Å². The topological polar surface area (TPSA) is 79.5 Å². The van der Waals surface area contributed by atoms with Crippen molar-refractivity contribution in [2.45, 2.75) is 26.3 Å². The van der Waals surface area contributed by atoms with Gasteiger partial charge in [0.1, 0.15) is 12.2 Å². The van der Waals surface area contributed by atoms with Gasteiger partial charge in [-0.05, 0) is 12.5 Å². The fourth-order valence-corrected chi connectivity index (χ4v) is 2.12. The summed E-state index contributed by atoms with van der Waals surface area (Å²) in [6.45, 7) is 1.78. The van der Waals surface area contributed by atoms with Crippen LogP contribution < -0.4 is 5.32 Å². The Bertz CT molecular complexity index is 707. The van der Waals surface area contributed by atoms with Crippen LogP contribution in [-0.2, 0) is 17.8 Å². The highest BCUT2D eigenvalue weighted by Crippen LogP contribution is 2.19. The average molecular weight is 323 g/mol. The third-order valence-corrected chi connectivity index (χ3v) is 3.27. The van der Waals surface area contributed by atoms with Crippen LogP contribution in [0.5, 0.6) is 0 Å². The van der Waals surface area contributed by atoms with Gasteiger partial charge in [0.15, 0.2) is 0 Å². The van der Waals surface area contributed by atoms with Gasteiger partial charge >= 0.3 is 5.97 Å². The summed E-state index contributed by atoms with van der Waals surface area (Å²) in [6.07, 6.45) is -1.60. The lowest BCUT2D eigenvalue weighted by atomic mass is 10.1. The largest absolute Gasteiger partial charge is 0.481 e. The van der Waals surface area contributed by atoms with Crippen LogP contribution in [0.3, 0.4) is 0 Å². The van der Waals surface area contributed by atoms with E-state index in [1.165, 1.54) is 30.5 Å². The fourth-order valence-electron chi connectivity index (χ4n) is 2.12. The van der Waals surface area contributed by atoms with E-state index < -0.39 is 18.3 Å². The van der Waals surface area contributed by atoms with Crippen molar-refractivity contribution in [1.29, 1.82) is 0 Å². The maximum atomic E-state index is 12.5. The van der Waals surface area contributed by atoms with E-state index in [1.54, 1.807) is 6.92 Å². The Labute approximate surface area is 130 Å². The number of furan rings is 1. The lowest BCUT2D eigenvalue weighted by Gasteiger charge is -2.07. The minimum Gasteiger partial charge on any atom is -0.481 e. The van der Waals surface area contributed by atoms with Gasteiger partial charge in [0, 0.05) is 17.7 Å². The van der Waals surface area contributed by atoms with E-state index in [0.29, 0.717) is 11.1 Å². The Morgan fingerprint density at radius 2 is 1.91 bits per heavy atom. The van der Waals surface area contributed by atoms with E-state index in [2.05, 4.69) is 5.32 Å². The summed E-state index contributed by atoms with van der Waals surface area (Å²) in [6, 6.07) is 5.60. The standard InChI is InChI=1S/C16H15F2NO4/c1-9-8-23-12(6-13(20)21)14(9)16(22)19-7-10-2-4-11(5-3-10)15(17)18/h2-5,8,15H,6-7H2,1H3,(H,19,22)(H,20,21). The Balaban J connectivity index is 2.05. The maximum absolute atomic E-state index is 12.5. The minimum atomic E-state index is -2.54. The van der Waals surface area contributed by atoms with Gasteiger partial charge in [0.05, 0.1) is 11.8 Å². The summed E-state index contributed by atoms with van der Waals surface area (Å²) in [5, 5.41) is 11.4. The van der Waals surface area contributed by atoms with Crippen LogP contribution in [0.25, 0.3) is 0 Å². The van der Waals surface area contributed by atoms with E-state index in [0.717, 1.165) is 0 Å². The number of carboxylic acid groups (broad SMARTS) is 1. The first-order valence-electron chi connectivity index (χ1n) is 6.82. The molecular weight excluding hydrogens is 308 g/mol. The highest BCUT2D eigenvalue weighted by molar-refractivity contribution is 5.97. The first kappa shape index (κ1) is 16.7. The van der Waals surface area contributed by atoms with Crippen LogP contribution in [0, 0.1) is 6.92 Å². The molecule has 1 heterocycles. The lowest BCUT2D eigenvalue weighted by molar-refractivity contribution is -0.136. The summed E-state index contributed by atoms with van der Waals surface area (Å²) in [4.78, 5) is 23.0. The van der Waals surface area contributed by atoms with Crippen LogP contribution in [0.15, 0.2) is 34.9 Å². The Morgan fingerprint density at radius 3 is 2.48 bits per heavy atom. The van der Waals surface area contributed by atoms with Gasteiger partial charge in [0.25, 0.3) is 12.3 Å². The molecule has 2 N–H and O–H groups in total. The highest BCUT2D eigenvalue weighted by atomic mass is 19.3. The summed E-state index contributed by atoms with van der Waals surface area (Å²) in [5.74, 6) is -1.48. The number of carbonyl (C=O) groups is 2. The molecule has 1 amide bonds. The number of hydrogen-bond acceptors (Lipinski definition) is 3. The molecule has 0 unspecified atom stereocenters. The van der Waals surface area contributed by atoms with Crippen LogP contribution >= 0.6 is 0 Å². The van der Waals surface area contributed by atoms with Gasteiger partial charge in [-0.1, -0.05) is 24.3 Å². The zero-order valence-electron chi connectivity index (χ0n) is 12.3. The Morgan fingerprint density at radius 1 is 1.26 bits per heavy atom. The zero-order valence-corrected chi connectivity index (χ0v) is 12.3. The van der Waals surface area contributed by atoms with Gasteiger partial charge in [-0.3, -0.25) is 9.59 Å². The number of amides is 1. The smallest absolute Gasteiger partial charge is 0.311 e. The number of alkyl halides is 2. The van der Waals surface area contributed by atoms with E-state index in [4.69, 9.17) is 9.52 Å². The van der Waals surface area contributed by atoms with Crippen molar-refractivity contribution >= 4 is 11.9 Å². The molecule has 0 saturated carbocycles. The highest BCUT2D eigenvalue weighted by Gasteiger charge is 2.20. The molecule has 7 heteroatoms. The maximum Gasteiger partial charge on any atom is 0.311 e. The minimum absolute atomic E-state index is 0.0838. The predicted molar refractivity (Wildman–Crippen MR) is 77.4 cm³/mol. The molecule has 2 rings (SSSR count). The average Bonchev–Trinajstić information content (AvgIpc) is 2.85. The molecule has 0 spiro atoms. The summed E-state index contributed by atoms with van der Waals surface area (Å²) in [7, 11) is 0. The third-order valence-electron chi connectivity index (χ3n) is 3.27. The van der Waals surface area contributed by atoms with Gasteiger partial charge in [-0.2, -0.15) is 0 Å². The number of nitrogens with one attached hydrogen (secondary N) is 1. The van der Waals surface area contributed by atoms with Crippen LogP contribution in [-0.4, -0.2) is 17.0 Å². The molecule has 0 saturated heterocycles. The van der Waals surface area contributed by atoms with Crippen molar-refractivity contribution in [1.82, 2.24) is 5.32 Å². The number of hydrogen-bond donors (Lipinski definition) is 2. The van der Waals surface area contributed by atoms with E-state index in [-0.39, 0.29) is 29.9 Å². The van der Waals surface area contributed by atoms with Crippen LogP contribution in [0.1, 0.15) is 39.2 Å². The van der Waals surface area contributed by atoms with Crippen molar-refractivity contribution in [3.63, 3.8) is 0 Å². The monoisotopic (exact) mass is 323 g/mol. The number of aryl methyl sites for hydroxylation is 1. The summed E-state index contributed by atoms with van der Waals surface area (Å²) < 4.78 is 30.0. The van der Waals surface area contributed by atoms with Crippen molar-refractivity contribution in [3.8, 4) is 0 Å². The number of carboxylic acids is 1. The number of aliphatic carboxylic acids is 1. The van der Waals surface area contributed by atoms with E-state index in [1.807, 2.05) is 0 Å². The second kappa shape index (κ2) is 7.04. The quantitative estimate of drug-likeness (QED) is 0.856. The van der Waals surface area contributed by atoms with Crippen molar-refractivity contribution < 1.29 is 27.9 Å². The first-order chi connectivity index (χ1) is 10.9. The predicted octanol–water partition coefficient (Wildman–Crippen LogP) is 3.08. The molecule has 1 aromatic carbocycles. The molecule has 0 aliphatic carbocycles. The third kappa shape index (κ3) is 4.15. The van der Waals surface area contributed by atoms with Crippen molar-refractivity contribution in [2.75, 3.05) is 0 Å². The molecule has 23 heavy (non-hydrogen) atoms. The first-order valence-corrected chi connectivity index (χ1v) is 6.82. The molecule has 0 radical (unpaired) electrons. The molecule has 0 atom stereocenters. The van der Waals surface area contributed by atoms with Crippen LogP contribution in [0.4, 0.5) is 8.78 Å². The number of rotatable bonds is 6. The molecule has 5 nitrogen and oxygen atoms in total. The number of benzene rings is 1. The van der Waals surface area contributed by atoms with Crippen LogP contribution in [0.2, 0.25) is 0 Å². The lowest BCUT2D eigenvalue weighted by Crippen LogP contribution is -2.24. The zero-order chi connectivity index (χ0) is 17.0. The van der Waals surface area contributed by atoms with Crippen molar-refractivity contribution in [2.24, 2.45) is 0 Å². The summed E-state index contributed by atoms with van der Waals surface area (Å²) >= 11 is 0. The molecular formula is C16H15F2NO4. The molecule has 122 valence electrons. The van der Waals surface area contributed by atoms with E-state index >= 15 is 0 Å².